The van der Waals surface area contributed by atoms with Crippen molar-refractivity contribution in [1.29, 1.82) is 0 Å². The van der Waals surface area contributed by atoms with Crippen molar-refractivity contribution in [1.82, 2.24) is 9.97 Å². The lowest BCUT2D eigenvalue weighted by Crippen LogP contribution is -2.08. The molecule has 6 heteroatoms. The fraction of sp³-hybridized carbons (Fsp3) is 0.333. The summed E-state index contributed by atoms with van der Waals surface area (Å²) in [6, 6.07) is 5.43. The monoisotopic (exact) mass is 387 g/mol. The Morgan fingerprint density at radius 1 is 1.19 bits per heavy atom. The summed E-state index contributed by atoms with van der Waals surface area (Å²) in [7, 11) is 0. The van der Waals surface area contributed by atoms with E-state index in [9.17, 15) is 0 Å². The highest BCUT2D eigenvalue weighted by Gasteiger charge is 2.14. The van der Waals surface area contributed by atoms with Crippen molar-refractivity contribution in [2.75, 3.05) is 5.73 Å². The molecule has 0 atom stereocenters. The Bertz CT molecular complexity index is 639. The molecule has 0 unspecified atom stereocenters. The van der Waals surface area contributed by atoms with E-state index in [-0.39, 0.29) is 0 Å². The molecule has 1 aromatic carbocycles. The fourth-order valence-corrected chi connectivity index (χ4v) is 2.90. The first-order valence-corrected chi connectivity index (χ1v) is 8.17. The third kappa shape index (κ3) is 4.09. The molecule has 0 radical (unpaired) electrons. The Morgan fingerprint density at radius 2 is 1.81 bits per heavy atom. The van der Waals surface area contributed by atoms with Crippen LogP contribution in [-0.4, -0.2) is 9.97 Å². The van der Waals surface area contributed by atoms with Gasteiger partial charge in [-0.3, -0.25) is 0 Å². The van der Waals surface area contributed by atoms with Crippen LogP contribution in [0.5, 0.6) is 0 Å². The topological polar surface area (TPSA) is 51.8 Å². The predicted molar refractivity (Wildman–Crippen MR) is 92.0 cm³/mol. The zero-order valence-corrected chi connectivity index (χ0v) is 14.9. The summed E-state index contributed by atoms with van der Waals surface area (Å²) >= 11 is 15.8. The molecule has 2 rings (SSSR count). The van der Waals surface area contributed by atoms with Gasteiger partial charge < -0.3 is 5.73 Å². The quantitative estimate of drug-likeness (QED) is 0.808. The Balaban J connectivity index is 2.39. The van der Waals surface area contributed by atoms with E-state index in [2.05, 4.69) is 39.7 Å². The predicted octanol–water partition coefficient (Wildman–Crippen LogP) is 4.92. The zero-order valence-electron chi connectivity index (χ0n) is 11.8. The number of nitrogens with zero attached hydrogens (tertiary/aromatic N) is 2. The molecule has 0 aliphatic carbocycles. The molecular formula is C15H16BrCl2N3. The summed E-state index contributed by atoms with van der Waals surface area (Å²) in [6.45, 7) is 4.27. The smallest absolute Gasteiger partial charge is 0.141 e. The van der Waals surface area contributed by atoms with Crippen molar-refractivity contribution in [3.8, 4) is 0 Å². The van der Waals surface area contributed by atoms with Crippen molar-refractivity contribution in [3.63, 3.8) is 0 Å². The van der Waals surface area contributed by atoms with Gasteiger partial charge in [0.15, 0.2) is 0 Å². The van der Waals surface area contributed by atoms with Gasteiger partial charge in [0, 0.05) is 16.5 Å². The standard InChI is InChI=1S/C15H16BrCl2N3/c1-8(2)6-12-14(16)15(19)21-13(20-12)7-9-10(17)4-3-5-11(9)18/h3-5,8H,6-7H2,1-2H3,(H2,19,20,21). The van der Waals surface area contributed by atoms with Crippen molar-refractivity contribution in [2.45, 2.75) is 26.7 Å². The maximum absolute atomic E-state index is 6.19. The Hall–Kier alpha value is -0.840. The van der Waals surface area contributed by atoms with E-state index in [0.717, 1.165) is 22.2 Å². The highest BCUT2D eigenvalue weighted by Crippen LogP contribution is 2.28. The van der Waals surface area contributed by atoms with E-state index in [1.165, 1.54) is 0 Å². The number of anilines is 1. The van der Waals surface area contributed by atoms with Crippen LogP contribution in [-0.2, 0) is 12.8 Å². The molecule has 0 saturated heterocycles. The van der Waals surface area contributed by atoms with Crippen molar-refractivity contribution >= 4 is 44.9 Å². The van der Waals surface area contributed by atoms with Gasteiger partial charge >= 0.3 is 0 Å². The number of benzene rings is 1. The number of halogens is 3. The second-order valence-corrected chi connectivity index (χ2v) is 6.87. The highest BCUT2D eigenvalue weighted by atomic mass is 79.9. The maximum atomic E-state index is 6.19. The molecule has 0 fully saturated rings. The van der Waals surface area contributed by atoms with Gasteiger partial charge in [0.05, 0.1) is 10.2 Å². The SMILES string of the molecule is CC(C)Cc1nc(Cc2c(Cl)cccc2Cl)nc(N)c1Br. The second kappa shape index (κ2) is 6.95. The molecule has 0 aliphatic heterocycles. The summed E-state index contributed by atoms with van der Waals surface area (Å²) in [6.07, 6.45) is 1.29. The molecule has 21 heavy (non-hydrogen) atoms. The molecule has 2 N–H and O–H groups in total. The van der Waals surface area contributed by atoms with E-state index in [4.69, 9.17) is 28.9 Å². The molecule has 0 saturated carbocycles. The maximum Gasteiger partial charge on any atom is 0.141 e. The Morgan fingerprint density at radius 3 is 2.38 bits per heavy atom. The minimum absolute atomic E-state index is 0.443. The van der Waals surface area contributed by atoms with E-state index >= 15 is 0 Å². The van der Waals surface area contributed by atoms with Crippen LogP contribution >= 0.6 is 39.1 Å². The number of hydrogen-bond acceptors (Lipinski definition) is 3. The molecule has 1 aromatic heterocycles. The van der Waals surface area contributed by atoms with Crippen LogP contribution in [0.4, 0.5) is 5.82 Å². The summed E-state index contributed by atoms with van der Waals surface area (Å²) in [5.74, 6) is 1.55. The number of nitrogen functional groups attached to an aromatic ring is 1. The van der Waals surface area contributed by atoms with Gasteiger partial charge in [-0.15, -0.1) is 0 Å². The lowest BCUT2D eigenvalue weighted by Gasteiger charge is -2.12. The Kier molecular flexibility index (Phi) is 5.47. The summed E-state index contributed by atoms with van der Waals surface area (Å²) in [4.78, 5) is 8.92. The van der Waals surface area contributed by atoms with Gasteiger partial charge in [-0.1, -0.05) is 43.1 Å². The normalized spacial score (nSPS) is 11.1. The molecule has 0 aliphatic rings. The van der Waals surface area contributed by atoms with Crippen LogP contribution in [0, 0.1) is 5.92 Å². The van der Waals surface area contributed by atoms with E-state index in [1.54, 1.807) is 12.1 Å². The first-order valence-electron chi connectivity index (χ1n) is 6.62. The van der Waals surface area contributed by atoms with Crippen molar-refractivity contribution in [2.24, 2.45) is 5.92 Å². The molecule has 3 nitrogen and oxygen atoms in total. The van der Waals surface area contributed by atoms with E-state index in [1.807, 2.05) is 6.07 Å². The molecule has 2 aromatic rings. The molecule has 0 amide bonds. The third-order valence-electron chi connectivity index (χ3n) is 2.99. The number of nitrogens with two attached hydrogens (primary N) is 1. The minimum atomic E-state index is 0.443. The van der Waals surface area contributed by atoms with Crippen molar-refractivity contribution < 1.29 is 0 Å². The average molecular weight is 389 g/mol. The zero-order chi connectivity index (χ0) is 15.6. The summed E-state index contributed by atoms with van der Waals surface area (Å²) in [5, 5.41) is 1.22. The first kappa shape index (κ1) is 16.5. The van der Waals surface area contributed by atoms with Crippen LogP contribution in [0.15, 0.2) is 22.7 Å². The van der Waals surface area contributed by atoms with Gasteiger partial charge in [-0.05, 0) is 46.0 Å². The Labute approximate surface area is 143 Å². The highest BCUT2D eigenvalue weighted by molar-refractivity contribution is 9.10. The van der Waals surface area contributed by atoms with Gasteiger partial charge in [0.1, 0.15) is 11.6 Å². The number of aromatic nitrogens is 2. The van der Waals surface area contributed by atoms with Gasteiger partial charge in [-0.2, -0.15) is 0 Å². The van der Waals surface area contributed by atoms with E-state index < -0.39 is 0 Å². The van der Waals surface area contributed by atoms with Gasteiger partial charge in [0.25, 0.3) is 0 Å². The van der Waals surface area contributed by atoms with Crippen LogP contribution in [0.25, 0.3) is 0 Å². The lowest BCUT2D eigenvalue weighted by atomic mass is 10.1. The number of hydrogen-bond donors (Lipinski definition) is 1. The third-order valence-corrected chi connectivity index (χ3v) is 4.56. The minimum Gasteiger partial charge on any atom is -0.383 e. The molecular weight excluding hydrogens is 373 g/mol. The van der Waals surface area contributed by atoms with E-state index in [0.29, 0.717) is 34.0 Å². The fourth-order valence-electron chi connectivity index (χ4n) is 2.03. The molecule has 1 heterocycles. The van der Waals surface area contributed by atoms with Crippen LogP contribution in [0.3, 0.4) is 0 Å². The molecule has 0 bridgehead atoms. The second-order valence-electron chi connectivity index (χ2n) is 5.26. The summed E-state index contributed by atoms with van der Waals surface area (Å²) in [5.41, 5.74) is 7.69. The van der Waals surface area contributed by atoms with Gasteiger partial charge in [0.2, 0.25) is 0 Å². The number of rotatable bonds is 4. The van der Waals surface area contributed by atoms with Crippen molar-refractivity contribution in [3.05, 3.63) is 49.8 Å². The largest absolute Gasteiger partial charge is 0.383 e. The average Bonchev–Trinajstić information content (AvgIpc) is 2.39. The molecule has 112 valence electrons. The lowest BCUT2D eigenvalue weighted by molar-refractivity contribution is 0.629. The van der Waals surface area contributed by atoms with Crippen LogP contribution in [0.1, 0.15) is 30.9 Å². The van der Waals surface area contributed by atoms with Crippen LogP contribution in [0.2, 0.25) is 10.0 Å². The molecule has 0 spiro atoms. The summed E-state index contributed by atoms with van der Waals surface area (Å²) < 4.78 is 0.769. The first-order chi connectivity index (χ1) is 9.88. The van der Waals surface area contributed by atoms with Gasteiger partial charge in [-0.25, -0.2) is 9.97 Å². The van der Waals surface area contributed by atoms with Crippen LogP contribution < -0.4 is 5.73 Å².